The Balaban J connectivity index is 2.73. The van der Waals surface area contributed by atoms with Gasteiger partial charge in [0.2, 0.25) is 0 Å². The number of carbonyl (C=O) groups is 1. The Morgan fingerprint density at radius 3 is 2.70 bits per heavy atom. The molecule has 0 heterocycles. The van der Waals surface area contributed by atoms with Crippen LogP contribution in [-0.2, 0) is 0 Å². The molecule has 0 spiro atoms. The topological polar surface area (TPSA) is 75.4 Å². The van der Waals surface area contributed by atoms with Crippen LogP contribution in [-0.4, -0.2) is 24.2 Å². The molecule has 112 valence electrons. The van der Waals surface area contributed by atoms with Crippen molar-refractivity contribution in [3.8, 4) is 0 Å². The van der Waals surface area contributed by atoms with E-state index in [2.05, 4.69) is 35.1 Å². The number of benzene rings is 1. The molecular formula is C15H23BrN2O2. The number of carbonyl (C=O) groups excluding carboxylic acids is 1. The Kier molecular flexibility index (Phi) is 6.02. The first kappa shape index (κ1) is 17.0. The number of nitrogens with two attached hydrogens (primary N) is 1. The Hall–Kier alpha value is -1.07. The predicted molar refractivity (Wildman–Crippen MR) is 85.7 cm³/mol. The summed E-state index contributed by atoms with van der Waals surface area (Å²) in [5.74, 6) is -0.118. The van der Waals surface area contributed by atoms with Gasteiger partial charge in [0.05, 0.1) is 0 Å². The number of hydrogen-bond donors (Lipinski definition) is 3. The van der Waals surface area contributed by atoms with Crippen LogP contribution in [0.1, 0.15) is 42.6 Å². The van der Waals surface area contributed by atoms with E-state index in [9.17, 15) is 4.79 Å². The Morgan fingerprint density at radius 2 is 2.10 bits per heavy atom. The van der Waals surface area contributed by atoms with Gasteiger partial charge in [-0.3, -0.25) is 4.79 Å². The molecular weight excluding hydrogens is 320 g/mol. The number of aliphatic hydroxyl groups is 1. The molecule has 4 N–H and O–H groups in total. The summed E-state index contributed by atoms with van der Waals surface area (Å²) in [4.78, 5) is 12.3. The van der Waals surface area contributed by atoms with Gasteiger partial charge in [0.15, 0.2) is 0 Å². The highest BCUT2D eigenvalue weighted by atomic mass is 79.9. The maximum Gasteiger partial charge on any atom is 0.251 e. The number of nitrogen functional groups attached to an aromatic ring is 1. The van der Waals surface area contributed by atoms with E-state index < -0.39 is 0 Å². The van der Waals surface area contributed by atoms with E-state index in [0.717, 1.165) is 22.9 Å². The molecule has 5 heteroatoms. The fourth-order valence-corrected chi connectivity index (χ4v) is 2.47. The normalized spacial score (nSPS) is 11.4. The van der Waals surface area contributed by atoms with Crippen molar-refractivity contribution in [1.82, 2.24) is 5.32 Å². The van der Waals surface area contributed by atoms with E-state index in [1.165, 1.54) is 0 Å². The lowest BCUT2D eigenvalue weighted by Crippen LogP contribution is -2.34. The van der Waals surface area contributed by atoms with Gasteiger partial charge in [-0.1, -0.05) is 29.8 Å². The largest absolute Gasteiger partial charge is 0.398 e. The molecule has 0 unspecified atom stereocenters. The molecule has 20 heavy (non-hydrogen) atoms. The number of hydrogen-bond acceptors (Lipinski definition) is 3. The maximum atomic E-state index is 12.3. The van der Waals surface area contributed by atoms with Gasteiger partial charge < -0.3 is 16.2 Å². The van der Waals surface area contributed by atoms with Gasteiger partial charge in [0.1, 0.15) is 0 Å². The number of aliphatic hydroxyl groups excluding tert-OH is 1. The Morgan fingerprint density at radius 1 is 1.45 bits per heavy atom. The summed E-state index contributed by atoms with van der Waals surface area (Å²) in [5.41, 5.74) is 7.82. The lowest BCUT2D eigenvalue weighted by atomic mass is 9.88. The Labute approximate surface area is 128 Å². The van der Waals surface area contributed by atoms with E-state index in [1.54, 1.807) is 12.1 Å². The van der Waals surface area contributed by atoms with Crippen molar-refractivity contribution in [3.63, 3.8) is 0 Å². The van der Waals surface area contributed by atoms with E-state index in [4.69, 9.17) is 10.8 Å². The average molecular weight is 343 g/mol. The van der Waals surface area contributed by atoms with Crippen LogP contribution >= 0.6 is 15.9 Å². The molecule has 0 atom stereocenters. The highest BCUT2D eigenvalue weighted by Gasteiger charge is 2.20. The van der Waals surface area contributed by atoms with Crippen molar-refractivity contribution < 1.29 is 9.90 Å². The minimum Gasteiger partial charge on any atom is -0.398 e. The molecule has 0 bridgehead atoms. The highest BCUT2D eigenvalue weighted by Crippen LogP contribution is 2.24. The van der Waals surface area contributed by atoms with Crippen LogP contribution in [0.4, 0.5) is 5.69 Å². The van der Waals surface area contributed by atoms with Crippen LogP contribution < -0.4 is 11.1 Å². The van der Waals surface area contributed by atoms with Crippen molar-refractivity contribution in [1.29, 1.82) is 0 Å². The molecule has 4 nitrogen and oxygen atoms in total. The van der Waals surface area contributed by atoms with Gasteiger partial charge in [-0.15, -0.1) is 0 Å². The molecule has 1 aromatic rings. The third-order valence-electron chi connectivity index (χ3n) is 3.40. The molecule has 1 amide bonds. The van der Waals surface area contributed by atoms with Crippen LogP contribution in [0.3, 0.4) is 0 Å². The fourth-order valence-electron chi connectivity index (χ4n) is 2.00. The molecule has 0 saturated carbocycles. The summed E-state index contributed by atoms with van der Waals surface area (Å²) >= 11 is 3.35. The lowest BCUT2D eigenvalue weighted by Gasteiger charge is -2.25. The van der Waals surface area contributed by atoms with Crippen molar-refractivity contribution in [2.75, 3.05) is 18.9 Å². The van der Waals surface area contributed by atoms with E-state index in [1.807, 2.05) is 6.92 Å². The molecule has 0 aliphatic carbocycles. The molecule has 0 saturated heterocycles. The molecule has 0 aromatic heterocycles. The number of anilines is 1. The predicted octanol–water partition coefficient (Wildman–Crippen LogP) is 2.87. The fraction of sp³-hybridized carbons (Fsp3) is 0.533. The summed E-state index contributed by atoms with van der Waals surface area (Å²) in [7, 11) is 0. The number of rotatable bonds is 6. The van der Waals surface area contributed by atoms with Gasteiger partial charge in [-0.05, 0) is 42.9 Å². The monoisotopic (exact) mass is 342 g/mol. The van der Waals surface area contributed by atoms with Gasteiger partial charge in [-0.25, -0.2) is 0 Å². The molecule has 0 radical (unpaired) electrons. The van der Waals surface area contributed by atoms with Crippen LogP contribution in [0.15, 0.2) is 16.6 Å². The quantitative estimate of drug-likeness (QED) is 0.695. The van der Waals surface area contributed by atoms with E-state index >= 15 is 0 Å². The SMILES string of the molecule is Cc1c(N)cc(Br)cc1C(=O)NCC(C)(C)CCCO. The van der Waals surface area contributed by atoms with Crippen LogP contribution in [0, 0.1) is 12.3 Å². The van der Waals surface area contributed by atoms with Crippen LogP contribution in [0.2, 0.25) is 0 Å². The zero-order valence-corrected chi connectivity index (χ0v) is 13.9. The minimum atomic E-state index is -0.118. The average Bonchev–Trinajstić information content (AvgIpc) is 2.38. The molecule has 0 fully saturated rings. The van der Waals surface area contributed by atoms with Crippen molar-refractivity contribution >= 4 is 27.5 Å². The van der Waals surface area contributed by atoms with Crippen molar-refractivity contribution in [3.05, 3.63) is 27.7 Å². The summed E-state index contributed by atoms with van der Waals surface area (Å²) < 4.78 is 0.797. The number of halogens is 1. The minimum absolute atomic E-state index is 0.0378. The lowest BCUT2D eigenvalue weighted by molar-refractivity contribution is 0.0932. The second-order valence-electron chi connectivity index (χ2n) is 5.84. The van der Waals surface area contributed by atoms with Gasteiger partial charge >= 0.3 is 0 Å². The number of amides is 1. The zero-order chi connectivity index (χ0) is 15.3. The third-order valence-corrected chi connectivity index (χ3v) is 3.85. The molecule has 1 aromatic carbocycles. The van der Waals surface area contributed by atoms with Gasteiger partial charge in [0, 0.05) is 28.9 Å². The zero-order valence-electron chi connectivity index (χ0n) is 12.3. The number of nitrogens with one attached hydrogen (secondary N) is 1. The first-order chi connectivity index (χ1) is 9.26. The molecule has 0 aliphatic heterocycles. The first-order valence-electron chi connectivity index (χ1n) is 6.71. The summed E-state index contributed by atoms with van der Waals surface area (Å²) in [6, 6.07) is 3.57. The van der Waals surface area contributed by atoms with Gasteiger partial charge in [-0.2, -0.15) is 0 Å². The molecule has 0 aliphatic rings. The van der Waals surface area contributed by atoms with Crippen LogP contribution in [0.25, 0.3) is 0 Å². The molecule has 1 rings (SSSR count). The maximum absolute atomic E-state index is 12.3. The standard InChI is InChI=1S/C15H23BrN2O2/c1-10-12(7-11(16)8-13(10)17)14(20)18-9-15(2,3)5-4-6-19/h7-8,19H,4-6,9,17H2,1-3H3,(H,18,20). The van der Waals surface area contributed by atoms with Crippen molar-refractivity contribution in [2.24, 2.45) is 5.41 Å². The Bertz CT molecular complexity index is 487. The van der Waals surface area contributed by atoms with Gasteiger partial charge in [0.25, 0.3) is 5.91 Å². The van der Waals surface area contributed by atoms with Crippen molar-refractivity contribution in [2.45, 2.75) is 33.6 Å². The second-order valence-corrected chi connectivity index (χ2v) is 6.76. The smallest absolute Gasteiger partial charge is 0.251 e. The second kappa shape index (κ2) is 7.09. The van der Waals surface area contributed by atoms with E-state index in [-0.39, 0.29) is 17.9 Å². The summed E-state index contributed by atoms with van der Waals surface area (Å²) in [6.45, 7) is 6.74. The van der Waals surface area contributed by atoms with E-state index in [0.29, 0.717) is 17.8 Å². The summed E-state index contributed by atoms with van der Waals surface area (Å²) in [6.07, 6.45) is 1.61. The summed E-state index contributed by atoms with van der Waals surface area (Å²) in [5, 5.41) is 11.8. The van der Waals surface area contributed by atoms with Crippen LogP contribution in [0.5, 0.6) is 0 Å². The first-order valence-corrected chi connectivity index (χ1v) is 7.51. The highest BCUT2D eigenvalue weighted by molar-refractivity contribution is 9.10. The third kappa shape index (κ3) is 4.80.